The number of amides is 1. The van der Waals surface area contributed by atoms with Crippen LogP contribution in [0.15, 0.2) is 48.7 Å². The minimum Gasteiger partial charge on any atom is -0.384 e. The van der Waals surface area contributed by atoms with E-state index in [1.165, 1.54) is 0 Å². The number of anilines is 1. The molecule has 4 nitrogen and oxygen atoms in total. The highest BCUT2D eigenvalue weighted by molar-refractivity contribution is 5.79. The highest BCUT2D eigenvalue weighted by atomic mass is 16.1. The van der Waals surface area contributed by atoms with Gasteiger partial charge in [-0.1, -0.05) is 37.3 Å². The molecule has 1 aromatic heterocycles. The van der Waals surface area contributed by atoms with Gasteiger partial charge in [0, 0.05) is 12.1 Å². The number of nitrogen functional groups attached to an aromatic ring is 1. The number of carbonyl (C=O) groups is 1. The molecule has 0 spiro atoms. The summed E-state index contributed by atoms with van der Waals surface area (Å²) in [6.07, 6.45) is 2.32. The third kappa shape index (κ3) is 4.31. The number of carbonyl (C=O) groups excluding carboxylic acids is 1. The van der Waals surface area contributed by atoms with Crippen LogP contribution in [-0.2, 0) is 11.2 Å². The molecule has 1 aromatic carbocycles. The SMILES string of the molecule is CC(Cc1ccnc(N)c1)C(=O)NC(C)c1ccccc1. The molecule has 2 rings (SSSR count). The molecule has 1 heterocycles. The van der Waals surface area contributed by atoms with E-state index in [-0.39, 0.29) is 17.9 Å². The van der Waals surface area contributed by atoms with Crippen LogP contribution >= 0.6 is 0 Å². The summed E-state index contributed by atoms with van der Waals surface area (Å²) in [7, 11) is 0. The zero-order chi connectivity index (χ0) is 15.2. The number of benzene rings is 1. The van der Waals surface area contributed by atoms with Crippen molar-refractivity contribution >= 4 is 11.7 Å². The largest absolute Gasteiger partial charge is 0.384 e. The molecule has 0 aliphatic carbocycles. The van der Waals surface area contributed by atoms with Crippen molar-refractivity contribution in [2.45, 2.75) is 26.3 Å². The number of nitrogens with zero attached hydrogens (tertiary/aromatic N) is 1. The fourth-order valence-electron chi connectivity index (χ4n) is 2.25. The Labute approximate surface area is 125 Å². The van der Waals surface area contributed by atoms with Gasteiger partial charge in [0.1, 0.15) is 5.82 Å². The van der Waals surface area contributed by atoms with E-state index >= 15 is 0 Å². The quantitative estimate of drug-likeness (QED) is 0.886. The highest BCUT2D eigenvalue weighted by Gasteiger charge is 2.16. The van der Waals surface area contributed by atoms with Crippen molar-refractivity contribution in [3.05, 3.63) is 59.8 Å². The van der Waals surface area contributed by atoms with Crippen molar-refractivity contribution in [2.24, 2.45) is 5.92 Å². The molecule has 21 heavy (non-hydrogen) atoms. The van der Waals surface area contributed by atoms with Gasteiger partial charge in [0.2, 0.25) is 5.91 Å². The lowest BCUT2D eigenvalue weighted by Gasteiger charge is -2.18. The van der Waals surface area contributed by atoms with E-state index in [2.05, 4.69) is 10.3 Å². The summed E-state index contributed by atoms with van der Waals surface area (Å²) in [6, 6.07) is 13.6. The zero-order valence-corrected chi connectivity index (χ0v) is 12.4. The summed E-state index contributed by atoms with van der Waals surface area (Å²) in [5.74, 6) is 0.414. The van der Waals surface area contributed by atoms with E-state index < -0.39 is 0 Å². The molecular weight excluding hydrogens is 262 g/mol. The van der Waals surface area contributed by atoms with Crippen LogP contribution in [0.3, 0.4) is 0 Å². The van der Waals surface area contributed by atoms with Gasteiger partial charge >= 0.3 is 0 Å². The molecule has 0 radical (unpaired) electrons. The third-order valence-corrected chi connectivity index (χ3v) is 3.49. The Balaban J connectivity index is 1.94. The monoisotopic (exact) mass is 283 g/mol. The van der Waals surface area contributed by atoms with E-state index in [9.17, 15) is 4.79 Å². The van der Waals surface area contributed by atoms with Crippen molar-refractivity contribution in [1.82, 2.24) is 10.3 Å². The molecule has 0 saturated heterocycles. The summed E-state index contributed by atoms with van der Waals surface area (Å²) in [5, 5.41) is 3.04. The average Bonchev–Trinajstić information content (AvgIpc) is 2.48. The summed E-state index contributed by atoms with van der Waals surface area (Å²) >= 11 is 0. The second-order valence-corrected chi connectivity index (χ2v) is 5.34. The minimum absolute atomic E-state index is 0.00339. The summed E-state index contributed by atoms with van der Waals surface area (Å²) in [4.78, 5) is 16.2. The predicted molar refractivity (Wildman–Crippen MR) is 84.5 cm³/mol. The van der Waals surface area contributed by atoms with Gasteiger partial charge in [0.15, 0.2) is 0 Å². The van der Waals surface area contributed by atoms with Crippen LogP contribution < -0.4 is 11.1 Å². The molecule has 2 atom stereocenters. The van der Waals surface area contributed by atoms with E-state index in [0.29, 0.717) is 12.2 Å². The molecule has 3 N–H and O–H groups in total. The normalized spacial score (nSPS) is 13.4. The van der Waals surface area contributed by atoms with E-state index in [0.717, 1.165) is 11.1 Å². The number of hydrogen-bond acceptors (Lipinski definition) is 3. The average molecular weight is 283 g/mol. The van der Waals surface area contributed by atoms with E-state index in [4.69, 9.17) is 5.73 Å². The number of pyridine rings is 1. The molecular formula is C17H21N3O. The first kappa shape index (κ1) is 15.0. The van der Waals surface area contributed by atoms with Gasteiger partial charge in [-0.2, -0.15) is 0 Å². The smallest absolute Gasteiger partial charge is 0.223 e. The van der Waals surface area contributed by atoms with Crippen LogP contribution in [0.1, 0.15) is 31.0 Å². The Morgan fingerprint density at radius 1 is 1.24 bits per heavy atom. The first-order valence-corrected chi connectivity index (χ1v) is 7.12. The first-order valence-electron chi connectivity index (χ1n) is 7.12. The number of hydrogen-bond donors (Lipinski definition) is 2. The lowest BCUT2D eigenvalue weighted by molar-refractivity contribution is -0.125. The summed E-state index contributed by atoms with van der Waals surface area (Å²) in [5.41, 5.74) is 7.78. The molecule has 0 fully saturated rings. The van der Waals surface area contributed by atoms with Crippen molar-refractivity contribution < 1.29 is 4.79 Å². The Hall–Kier alpha value is -2.36. The Morgan fingerprint density at radius 3 is 2.62 bits per heavy atom. The van der Waals surface area contributed by atoms with Crippen molar-refractivity contribution in [3.63, 3.8) is 0 Å². The fraction of sp³-hybridized carbons (Fsp3) is 0.294. The van der Waals surface area contributed by atoms with Gasteiger partial charge in [-0.3, -0.25) is 4.79 Å². The number of rotatable bonds is 5. The maximum absolute atomic E-state index is 12.3. The number of nitrogens with one attached hydrogen (secondary N) is 1. The first-order chi connectivity index (χ1) is 10.1. The van der Waals surface area contributed by atoms with Crippen LogP contribution in [0.5, 0.6) is 0 Å². The molecule has 0 aliphatic rings. The van der Waals surface area contributed by atoms with Crippen LogP contribution in [-0.4, -0.2) is 10.9 Å². The van der Waals surface area contributed by atoms with Gasteiger partial charge in [-0.25, -0.2) is 4.98 Å². The van der Waals surface area contributed by atoms with Crippen molar-refractivity contribution in [3.8, 4) is 0 Å². The molecule has 2 unspecified atom stereocenters. The topological polar surface area (TPSA) is 68.0 Å². The van der Waals surface area contributed by atoms with Gasteiger partial charge in [0.05, 0.1) is 6.04 Å². The van der Waals surface area contributed by atoms with Crippen LogP contribution in [0, 0.1) is 5.92 Å². The maximum Gasteiger partial charge on any atom is 0.223 e. The second-order valence-electron chi connectivity index (χ2n) is 5.34. The summed E-state index contributed by atoms with van der Waals surface area (Å²) < 4.78 is 0. The molecule has 1 amide bonds. The van der Waals surface area contributed by atoms with Gasteiger partial charge in [0.25, 0.3) is 0 Å². The second kappa shape index (κ2) is 6.88. The van der Waals surface area contributed by atoms with E-state index in [1.807, 2.05) is 56.3 Å². The lowest BCUT2D eigenvalue weighted by Crippen LogP contribution is -2.32. The third-order valence-electron chi connectivity index (χ3n) is 3.49. The molecule has 110 valence electrons. The van der Waals surface area contributed by atoms with Crippen LogP contribution in [0.4, 0.5) is 5.82 Å². The lowest BCUT2D eigenvalue weighted by atomic mass is 10.00. The van der Waals surface area contributed by atoms with Crippen LogP contribution in [0.25, 0.3) is 0 Å². The maximum atomic E-state index is 12.3. The minimum atomic E-state index is -0.113. The van der Waals surface area contributed by atoms with E-state index in [1.54, 1.807) is 6.20 Å². The molecule has 0 saturated carbocycles. The van der Waals surface area contributed by atoms with Gasteiger partial charge < -0.3 is 11.1 Å². The summed E-state index contributed by atoms with van der Waals surface area (Å²) in [6.45, 7) is 3.91. The van der Waals surface area contributed by atoms with Gasteiger partial charge in [-0.15, -0.1) is 0 Å². The fourth-order valence-corrected chi connectivity index (χ4v) is 2.25. The van der Waals surface area contributed by atoms with Crippen molar-refractivity contribution in [1.29, 1.82) is 0 Å². The zero-order valence-electron chi connectivity index (χ0n) is 12.4. The number of aromatic nitrogens is 1. The standard InChI is InChI=1S/C17H21N3O/c1-12(10-14-8-9-19-16(18)11-14)17(21)20-13(2)15-6-4-3-5-7-15/h3-9,11-13H,10H2,1-2H3,(H2,18,19)(H,20,21). The Morgan fingerprint density at radius 2 is 1.95 bits per heavy atom. The molecule has 0 aliphatic heterocycles. The Bertz CT molecular complexity index is 598. The molecule has 4 heteroatoms. The van der Waals surface area contributed by atoms with Crippen LogP contribution in [0.2, 0.25) is 0 Å². The van der Waals surface area contributed by atoms with Crippen molar-refractivity contribution in [2.75, 3.05) is 5.73 Å². The molecule has 2 aromatic rings. The highest BCUT2D eigenvalue weighted by Crippen LogP contribution is 2.14. The Kier molecular flexibility index (Phi) is 4.93. The van der Waals surface area contributed by atoms with Gasteiger partial charge in [-0.05, 0) is 36.6 Å². The predicted octanol–water partition coefficient (Wildman–Crippen LogP) is 2.72. The number of nitrogens with two attached hydrogens (primary N) is 1. The molecule has 0 bridgehead atoms.